The number of nitrogens with two attached hydrogens (primary N) is 1. The molecule has 5 heteroatoms. The fraction of sp³-hybridized carbons (Fsp3) is 0.500. The van der Waals surface area contributed by atoms with Gasteiger partial charge in [0.2, 0.25) is 5.91 Å². The number of nitrogens with zero attached hydrogens (tertiary/aromatic N) is 1. The van der Waals surface area contributed by atoms with E-state index in [1.165, 1.54) is 12.1 Å². The molecule has 1 rings (SSSR count). The third-order valence-electron chi connectivity index (χ3n) is 2.94. The number of hydrogen-bond acceptors (Lipinski definition) is 3. The molecule has 0 aliphatic carbocycles. The summed E-state index contributed by atoms with van der Waals surface area (Å²) in [6.07, 6.45) is 0.750. The van der Waals surface area contributed by atoms with Crippen molar-refractivity contribution in [2.24, 2.45) is 5.73 Å². The van der Waals surface area contributed by atoms with Crippen molar-refractivity contribution in [2.75, 3.05) is 24.5 Å². The standard InChI is InChI=1S/C14H22FN3O/c1-3-17-14(19)11(2)18(9-5-8-16)13-7-4-6-12(15)10-13/h4,6-7,10-11H,3,5,8-9,16H2,1-2H3,(H,17,19). The highest BCUT2D eigenvalue weighted by Crippen LogP contribution is 2.18. The first-order chi connectivity index (χ1) is 9.10. The highest BCUT2D eigenvalue weighted by atomic mass is 19.1. The Labute approximate surface area is 113 Å². The van der Waals surface area contributed by atoms with Gasteiger partial charge in [-0.15, -0.1) is 0 Å². The number of anilines is 1. The Hall–Kier alpha value is -1.62. The molecular formula is C14H22FN3O. The first kappa shape index (κ1) is 15.4. The van der Waals surface area contributed by atoms with Crippen LogP contribution in [0.1, 0.15) is 20.3 Å². The van der Waals surface area contributed by atoms with Crippen LogP contribution in [0.25, 0.3) is 0 Å². The van der Waals surface area contributed by atoms with E-state index >= 15 is 0 Å². The highest BCUT2D eigenvalue weighted by molar-refractivity contribution is 5.84. The minimum absolute atomic E-state index is 0.0659. The van der Waals surface area contributed by atoms with Crippen molar-refractivity contribution in [3.8, 4) is 0 Å². The van der Waals surface area contributed by atoms with Gasteiger partial charge in [0.1, 0.15) is 11.9 Å². The van der Waals surface area contributed by atoms with E-state index in [0.29, 0.717) is 25.3 Å². The second-order valence-electron chi connectivity index (χ2n) is 4.39. The largest absolute Gasteiger partial charge is 0.360 e. The molecule has 4 nitrogen and oxygen atoms in total. The normalized spacial score (nSPS) is 12.0. The number of benzene rings is 1. The molecule has 1 aromatic carbocycles. The summed E-state index contributed by atoms with van der Waals surface area (Å²) >= 11 is 0. The Kier molecular flexibility index (Phi) is 6.29. The van der Waals surface area contributed by atoms with Gasteiger partial charge in [0.05, 0.1) is 0 Å². The maximum atomic E-state index is 13.3. The van der Waals surface area contributed by atoms with Crippen molar-refractivity contribution in [3.05, 3.63) is 30.1 Å². The zero-order valence-electron chi connectivity index (χ0n) is 11.5. The molecule has 0 saturated heterocycles. The van der Waals surface area contributed by atoms with Gasteiger partial charge in [-0.3, -0.25) is 4.79 Å². The van der Waals surface area contributed by atoms with E-state index in [1.54, 1.807) is 12.1 Å². The van der Waals surface area contributed by atoms with Crippen LogP contribution in [0.4, 0.5) is 10.1 Å². The smallest absolute Gasteiger partial charge is 0.242 e. The Bertz CT molecular complexity index is 411. The first-order valence-electron chi connectivity index (χ1n) is 6.60. The predicted molar refractivity (Wildman–Crippen MR) is 75.6 cm³/mol. The van der Waals surface area contributed by atoms with Gasteiger partial charge in [-0.2, -0.15) is 0 Å². The lowest BCUT2D eigenvalue weighted by Crippen LogP contribution is -2.46. The predicted octanol–water partition coefficient (Wildman–Crippen LogP) is 1.51. The molecule has 0 heterocycles. The second-order valence-corrected chi connectivity index (χ2v) is 4.39. The van der Waals surface area contributed by atoms with Crippen LogP contribution in [-0.4, -0.2) is 31.6 Å². The zero-order valence-corrected chi connectivity index (χ0v) is 11.5. The molecule has 0 radical (unpaired) electrons. The Morgan fingerprint density at radius 3 is 2.84 bits per heavy atom. The minimum atomic E-state index is -0.353. The van der Waals surface area contributed by atoms with Crippen molar-refractivity contribution in [1.29, 1.82) is 0 Å². The van der Waals surface area contributed by atoms with Crippen LogP contribution in [0, 0.1) is 5.82 Å². The molecule has 1 aromatic rings. The zero-order chi connectivity index (χ0) is 14.3. The summed E-state index contributed by atoms with van der Waals surface area (Å²) in [7, 11) is 0. The molecule has 0 saturated carbocycles. The third kappa shape index (κ3) is 4.52. The number of nitrogens with one attached hydrogen (secondary N) is 1. The fourth-order valence-electron chi connectivity index (χ4n) is 1.93. The van der Waals surface area contributed by atoms with E-state index in [4.69, 9.17) is 5.73 Å². The lowest BCUT2D eigenvalue weighted by Gasteiger charge is -2.30. The molecule has 1 atom stereocenters. The van der Waals surface area contributed by atoms with E-state index < -0.39 is 0 Å². The summed E-state index contributed by atoms with van der Waals surface area (Å²) in [5.41, 5.74) is 6.22. The summed E-state index contributed by atoms with van der Waals surface area (Å²) < 4.78 is 13.3. The summed E-state index contributed by atoms with van der Waals surface area (Å²) in [6, 6.07) is 5.92. The van der Waals surface area contributed by atoms with Crippen molar-refractivity contribution in [3.63, 3.8) is 0 Å². The van der Waals surface area contributed by atoms with E-state index in [2.05, 4.69) is 5.32 Å². The summed E-state index contributed by atoms with van der Waals surface area (Å²) in [5.74, 6) is -0.373. The van der Waals surface area contributed by atoms with E-state index in [1.807, 2.05) is 18.7 Å². The lowest BCUT2D eigenvalue weighted by atomic mass is 10.2. The number of hydrogen-bond donors (Lipinski definition) is 2. The average molecular weight is 267 g/mol. The quantitative estimate of drug-likeness (QED) is 0.787. The fourth-order valence-corrected chi connectivity index (χ4v) is 1.93. The number of amides is 1. The van der Waals surface area contributed by atoms with Gasteiger partial charge in [0.15, 0.2) is 0 Å². The van der Waals surface area contributed by atoms with Crippen LogP contribution < -0.4 is 16.0 Å². The topological polar surface area (TPSA) is 58.4 Å². The molecule has 106 valence electrons. The summed E-state index contributed by atoms with van der Waals surface area (Å²) in [6.45, 7) is 5.42. The molecule has 0 fully saturated rings. The van der Waals surface area contributed by atoms with Crippen LogP contribution >= 0.6 is 0 Å². The van der Waals surface area contributed by atoms with Crippen LogP contribution in [0.2, 0.25) is 0 Å². The van der Waals surface area contributed by atoms with Crippen molar-refractivity contribution < 1.29 is 9.18 Å². The summed E-state index contributed by atoms with van der Waals surface area (Å²) in [4.78, 5) is 13.8. The minimum Gasteiger partial charge on any atom is -0.360 e. The Morgan fingerprint density at radius 2 is 2.26 bits per heavy atom. The SMILES string of the molecule is CCNC(=O)C(C)N(CCCN)c1cccc(F)c1. The maximum absolute atomic E-state index is 13.3. The van der Waals surface area contributed by atoms with Crippen molar-refractivity contribution in [1.82, 2.24) is 5.32 Å². The van der Waals surface area contributed by atoms with E-state index in [0.717, 1.165) is 6.42 Å². The van der Waals surface area contributed by atoms with Crippen LogP contribution in [0.3, 0.4) is 0 Å². The molecule has 0 aromatic heterocycles. The molecule has 0 bridgehead atoms. The molecule has 1 amide bonds. The van der Waals surface area contributed by atoms with Gasteiger partial charge in [0.25, 0.3) is 0 Å². The van der Waals surface area contributed by atoms with Crippen molar-refractivity contribution >= 4 is 11.6 Å². The number of carbonyl (C=O) groups is 1. The average Bonchev–Trinajstić information content (AvgIpc) is 2.39. The molecule has 19 heavy (non-hydrogen) atoms. The highest BCUT2D eigenvalue weighted by Gasteiger charge is 2.20. The third-order valence-corrected chi connectivity index (χ3v) is 2.94. The monoisotopic (exact) mass is 267 g/mol. The lowest BCUT2D eigenvalue weighted by molar-refractivity contribution is -0.121. The Balaban J connectivity index is 2.90. The summed E-state index contributed by atoms with van der Waals surface area (Å²) in [5, 5.41) is 2.78. The van der Waals surface area contributed by atoms with Gasteiger partial charge in [-0.05, 0) is 45.0 Å². The van der Waals surface area contributed by atoms with Gasteiger partial charge < -0.3 is 16.0 Å². The molecule has 0 spiro atoms. The molecule has 0 aliphatic rings. The Morgan fingerprint density at radius 1 is 1.53 bits per heavy atom. The van der Waals surface area contributed by atoms with Gasteiger partial charge in [-0.25, -0.2) is 4.39 Å². The van der Waals surface area contributed by atoms with Gasteiger partial charge >= 0.3 is 0 Å². The second kappa shape index (κ2) is 7.74. The van der Waals surface area contributed by atoms with Crippen LogP contribution in [0.5, 0.6) is 0 Å². The van der Waals surface area contributed by atoms with E-state index in [-0.39, 0.29) is 17.8 Å². The van der Waals surface area contributed by atoms with Crippen LogP contribution in [0.15, 0.2) is 24.3 Å². The number of likely N-dealkylation sites (N-methyl/N-ethyl adjacent to an activating group) is 1. The number of rotatable bonds is 7. The van der Waals surface area contributed by atoms with Crippen molar-refractivity contribution in [2.45, 2.75) is 26.3 Å². The number of carbonyl (C=O) groups excluding carboxylic acids is 1. The molecule has 0 aliphatic heterocycles. The van der Waals surface area contributed by atoms with Gasteiger partial charge in [0, 0.05) is 18.8 Å². The van der Waals surface area contributed by atoms with Crippen LogP contribution in [-0.2, 0) is 4.79 Å². The van der Waals surface area contributed by atoms with Gasteiger partial charge in [-0.1, -0.05) is 6.07 Å². The first-order valence-corrected chi connectivity index (χ1v) is 6.60. The number of halogens is 1. The maximum Gasteiger partial charge on any atom is 0.242 e. The van der Waals surface area contributed by atoms with E-state index in [9.17, 15) is 9.18 Å². The molecule has 3 N–H and O–H groups in total. The molecule has 1 unspecified atom stereocenters. The molecular weight excluding hydrogens is 245 g/mol.